The summed E-state index contributed by atoms with van der Waals surface area (Å²) in [5.74, 6) is -0.675. The Kier molecular flexibility index (Phi) is 3.23. The van der Waals surface area contributed by atoms with Crippen molar-refractivity contribution in [3.05, 3.63) is 73.4 Å². The first-order chi connectivity index (χ1) is 11.5. The molecule has 1 unspecified atom stereocenters. The number of hydrogen-bond acceptors (Lipinski definition) is 4. The van der Waals surface area contributed by atoms with Gasteiger partial charge in [-0.3, -0.25) is 19.6 Å². The number of halogens is 1. The Morgan fingerprint density at radius 1 is 1.04 bits per heavy atom. The van der Waals surface area contributed by atoms with Crippen LogP contribution in [0.5, 0.6) is 5.88 Å². The van der Waals surface area contributed by atoms with E-state index in [1.165, 1.54) is 24.3 Å². The number of ether oxygens (including phenoxy) is 1. The first kappa shape index (κ1) is 14.6. The molecule has 7 heteroatoms. The van der Waals surface area contributed by atoms with E-state index in [2.05, 4.69) is 9.97 Å². The molecule has 6 nitrogen and oxygen atoms in total. The van der Waals surface area contributed by atoms with Gasteiger partial charge in [-0.05, 0) is 24.1 Å². The molecule has 122 valence electrons. The van der Waals surface area contributed by atoms with E-state index in [0.29, 0.717) is 36.2 Å². The second-order valence-electron chi connectivity index (χ2n) is 5.85. The Morgan fingerprint density at radius 2 is 1.79 bits per heavy atom. The third-order valence-corrected chi connectivity index (χ3v) is 4.36. The van der Waals surface area contributed by atoms with Crippen molar-refractivity contribution in [2.24, 2.45) is 0 Å². The van der Waals surface area contributed by atoms with E-state index in [1.807, 2.05) is 0 Å². The Bertz CT molecular complexity index is 985. The molecule has 0 fully saturated rings. The van der Waals surface area contributed by atoms with E-state index in [0.717, 1.165) is 0 Å². The highest BCUT2D eigenvalue weighted by Gasteiger charge is 2.39. The summed E-state index contributed by atoms with van der Waals surface area (Å²) in [5.41, 5.74) is -0.120. The number of carbonyl (C=O) groups excluding carboxylic acids is 1. The maximum atomic E-state index is 13.3. The zero-order valence-corrected chi connectivity index (χ0v) is 12.5. The van der Waals surface area contributed by atoms with Crippen molar-refractivity contribution >= 4 is 5.78 Å². The number of hydrogen-bond donors (Lipinski definition) is 2. The van der Waals surface area contributed by atoms with E-state index in [-0.39, 0.29) is 17.2 Å². The molecule has 0 bridgehead atoms. The average molecular weight is 328 g/mol. The SMILES string of the molecule is O=C1CCCC2=C1C(c1ccc(F)cc1)c1c([nH]c(=O)[nH]c1=O)O2. The fourth-order valence-corrected chi connectivity index (χ4v) is 3.34. The lowest BCUT2D eigenvalue weighted by atomic mass is 9.78. The van der Waals surface area contributed by atoms with Crippen LogP contribution in [0.1, 0.15) is 36.3 Å². The highest BCUT2D eigenvalue weighted by atomic mass is 19.1. The number of H-pyrrole nitrogens is 2. The number of aromatic nitrogens is 2. The third kappa shape index (κ3) is 2.20. The molecule has 0 saturated heterocycles. The summed E-state index contributed by atoms with van der Waals surface area (Å²) in [7, 11) is 0. The van der Waals surface area contributed by atoms with Crippen LogP contribution in [0.2, 0.25) is 0 Å². The summed E-state index contributed by atoms with van der Waals surface area (Å²) in [6.45, 7) is 0. The van der Waals surface area contributed by atoms with Gasteiger partial charge in [0.1, 0.15) is 11.6 Å². The summed E-state index contributed by atoms with van der Waals surface area (Å²) < 4.78 is 18.9. The average Bonchev–Trinajstić information content (AvgIpc) is 2.54. The normalized spacial score (nSPS) is 19.5. The van der Waals surface area contributed by atoms with Crippen molar-refractivity contribution in [1.29, 1.82) is 0 Å². The number of allylic oxidation sites excluding steroid dienone is 2. The molecule has 4 rings (SSSR count). The largest absolute Gasteiger partial charge is 0.444 e. The maximum Gasteiger partial charge on any atom is 0.328 e. The van der Waals surface area contributed by atoms with Crippen molar-refractivity contribution in [1.82, 2.24) is 9.97 Å². The van der Waals surface area contributed by atoms with E-state index in [4.69, 9.17) is 4.74 Å². The lowest BCUT2D eigenvalue weighted by Gasteiger charge is -2.31. The van der Waals surface area contributed by atoms with Gasteiger partial charge in [-0.1, -0.05) is 12.1 Å². The van der Waals surface area contributed by atoms with Crippen LogP contribution < -0.4 is 16.0 Å². The van der Waals surface area contributed by atoms with Crippen LogP contribution >= 0.6 is 0 Å². The highest BCUT2D eigenvalue weighted by molar-refractivity contribution is 5.99. The fourth-order valence-electron chi connectivity index (χ4n) is 3.34. The van der Waals surface area contributed by atoms with Gasteiger partial charge in [0.25, 0.3) is 5.56 Å². The minimum atomic E-state index is -0.683. The molecule has 2 heterocycles. The number of aromatic amines is 2. The van der Waals surface area contributed by atoms with Crippen molar-refractivity contribution in [2.75, 3.05) is 0 Å². The number of Topliss-reactive ketones (excluding diaryl/α,β-unsaturated/α-hetero) is 1. The summed E-state index contributed by atoms with van der Waals surface area (Å²) in [4.78, 5) is 41.0. The number of ketones is 1. The number of benzene rings is 1. The fraction of sp³-hybridized carbons (Fsp3) is 0.235. The first-order valence-corrected chi connectivity index (χ1v) is 7.60. The van der Waals surface area contributed by atoms with Crippen LogP contribution in [0, 0.1) is 5.82 Å². The Morgan fingerprint density at radius 3 is 2.54 bits per heavy atom. The minimum Gasteiger partial charge on any atom is -0.444 e. The van der Waals surface area contributed by atoms with Gasteiger partial charge >= 0.3 is 5.69 Å². The molecule has 0 saturated carbocycles. The molecule has 1 aromatic heterocycles. The molecule has 2 aliphatic rings. The van der Waals surface area contributed by atoms with E-state index in [9.17, 15) is 18.8 Å². The monoisotopic (exact) mass is 328 g/mol. The molecular weight excluding hydrogens is 315 g/mol. The molecular formula is C17H13FN2O4. The predicted octanol–water partition coefficient (Wildman–Crippen LogP) is 1.73. The number of nitrogens with one attached hydrogen (secondary N) is 2. The van der Waals surface area contributed by atoms with Crippen molar-refractivity contribution in [2.45, 2.75) is 25.2 Å². The van der Waals surface area contributed by atoms with Crippen LogP contribution in [0.15, 0.2) is 45.2 Å². The molecule has 1 aliphatic carbocycles. The second-order valence-corrected chi connectivity index (χ2v) is 5.85. The summed E-state index contributed by atoms with van der Waals surface area (Å²) in [6.07, 6.45) is 1.57. The Labute approximate surface area is 135 Å². The molecule has 0 radical (unpaired) electrons. The standard InChI is InChI=1S/C17H13FN2O4/c18-9-6-4-8(5-7-9)12-13-10(21)2-1-3-11(13)24-16-14(12)15(22)19-17(23)20-16/h4-7,12H,1-3H2,(H2,19,20,22,23). The highest BCUT2D eigenvalue weighted by Crippen LogP contribution is 2.43. The summed E-state index contributed by atoms with van der Waals surface area (Å²) in [5, 5.41) is 0. The number of rotatable bonds is 1. The van der Waals surface area contributed by atoms with Gasteiger partial charge in [0.2, 0.25) is 5.88 Å². The molecule has 1 aliphatic heterocycles. The van der Waals surface area contributed by atoms with Crippen molar-refractivity contribution < 1.29 is 13.9 Å². The van der Waals surface area contributed by atoms with E-state index < -0.39 is 23.0 Å². The van der Waals surface area contributed by atoms with Crippen LogP contribution in [0.3, 0.4) is 0 Å². The van der Waals surface area contributed by atoms with Crippen LogP contribution in [0.25, 0.3) is 0 Å². The summed E-state index contributed by atoms with van der Waals surface area (Å²) in [6, 6.07) is 5.62. The Balaban J connectivity index is 2.01. The minimum absolute atomic E-state index is 0.0477. The van der Waals surface area contributed by atoms with Crippen LogP contribution in [-0.2, 0) is 4.79 Å². The molecule has 0 spiro atoms. The van der Waals surface area contributed by atoms with Gasteiger partial charge in [0.15, 0.2) is 5.78 Å². The lowest BCUT2D eigenvalue weighted by Crippen LogP contribution is -2.34. The number of fused-ring (bicyclic) bond motifs is 1. The quantitative estimate of drug-likeness (QED) is 0.834. The van der Waals surface area contributed by atoms with Gasteiger partial charge in [-0.15, -0.1) is 0 Å². The lowest BCUT2D eigenvalue weighted by molar-refractivity contribution is -0.116. The Hall–Kier alpha value is -2.96. The van der Waals surface area contributed by atoms with Crippen LogP contribution in [0.4, 0.5) is 4.39 Å². The van der Waals surface area contributed by atoms with E-state index >= 15 is 0 Å². The molecule has 0 amide bonds. The summed E-state index contributed by atoms with van der Waals surface area (Å²) >= 11 is 0. The maximum absolute atomic E-state index is 13.3. The van der Waals surface area contributed by atoms with E-state index in [1.54, 1.807) is 0 Å². The van der Waals surface area contributed by atoms with Crippen molar-refractivity contribution in [3.63, 3.8) is 0 Å². The van der Waals surface area contributed by atoms with Gasteiger partial charge in [-0.2, -0.15) is 0 Å². The van der Waals surface area contributed by atoms with Gasteiger partial charge in [-0.25, -0.2) is 9.18 Å². The molecule has 2 aromatic rings. The molecule has 24 heavy (non-hydrogen) atoms. The zero-order valence-electron chi connectivity index (χ0n) is 12.5. The van der Waals surface area contributed by atoms with Crippen molar-refractivity contribution in [3.8, 4) is 5.88 Å². The smallest absolute Gasteiger partial charge is 0.328 e. The zero-order chi connectivity index (χ0) is 16.8. The molecule has 1 aromatic carbocycles. The predicted molar refractivity (Wildman–Crippen MR) is 82.4 cm³/mol. The topological polar surface area (TPSA) is 92.0 Å². The number of carbonyl (C=O) groups is 1. The second kappa shape index (κ2) is 5.30. The van der Waals surface area contributed by atoms with Gasteiger partial charge in [0, 0.05) is 18.4 Å². The van der Waals surface area contributed by atoms with Crippen LogP contribution in [-0.4, -0.2) is 15.8 Å². The van der Waals surface area contributed by atoms with Gasteiger partial charge < -0.3 is 4.74 Å². The molecule has 1 atom stereocenters. The van der Waals surface area contributed by atoms with Gasteiger partial charge in [0.05, 0.1) is 11.5 Å². The third-order valence-electron chi connectivity index (χ3n) is 4.36. The molecule has 2 N–H and O–H groups in total. The first-order valence-electron chi connectivity index (χ1n) is 7.60.